The third-order valence-electron chi connectivity index (χ3n) is 2.15. The van der Waals surface area contributed by atoms with E-state index in [0.29, 0.717) is 6.61 Å². The minimum Gasteiger partial charge on any atom is -0.478 e. The molecule has 0 saturated heterocycles. The Labute approximate surface area is 131 Å². The molecule has 0 rings (SSSR count). The van der Waals surface area contributed by atoms with Crippen LogP contribution in [0.5, 0.6) is 0 Å². The number of aliphatic carboxylic acids is 1. The first-order valence-electron chi connectivity index (χ1n) is 6.83. The number of esters is 2. The van der Waals surface area contributed by atoms with Gasteiger partial charge in [-0.15, -0.1) is 0 Å². The molecule has 0 heterocycles. The van der Waals surface area contributed by atoms with Gasteiger partial charge in [0, 0.05) is 17.7 Å². The van der Waals surface area contributed by atoms with Crippen molar-refractivity contribution in [2.24, 2.45) is 0 Å². The van der Waals surface area contributed by atoms with Crippen LogP contribution < -0.4 is 0 Å². The number of methoxy groups -OCH3 is 1. The summed E-state index contributed by atoms with van der Waals surface area (Å²) in [6.45, 7) is 7.66. The molecule has 0 amide bonds. The predicted molar refractivity (Wildman–Crippen MR) is 83.2 cm³/mol. The molecule has 0 spiro atoms. The molecule has 6 heteroatoms. The predicted octanol–water partition coefficient (Wildman–Crippen LogP) is 2.65. The second-order valence-electron chi connectivity index (χ2n) is 4.06. The van der Waals surface area contributed by atoms with E-state index in [4.69, 9.17) is 9.84 Å². The monoisotopic (exact) mass is 312 g/mol. The van der Waals surface area contributed by atoms with Crippen LogP contribution in [0.15, 0.2) is 36.5 Å². The van der Waals surface area contributed by atoms with Crippen molar-refractivity contribution in [2.75, 3.05) is 13.7 Å². The molecular weight excluding hydrogens is 288 g/mol. The molecule has 0 aromatic rings. The molecule has 0 aromatic heterocycles. The van der Waals surface area contributed by atoms with Crippen molar-refractivity contribution in [2.45, 2.75) is 33.1 Å². The van der Waals surface area contributed by atoms with E-state index < -0.39 is 11.9 Å². The van der Waals surface area contributed by atoms with Crippen molar-refractivity contribution in [1.82, 2.24) is 0 Å². The molecule has 0 aliphatic carbocycles. The molecule has 0 radical (unpaired) electrons. The van der Waals surface area contributed by atoms with Crippen LogP contribution in [0.2, 0.25) is 0 Å². The molecule has 0 aliphatic heterocycles. The molecule has 22 heavy (non-hydrogen) atoms. The number of carbonyl (C=O) groups excluding carboxylic acids is 2. The number of unbranched alkanes of at least 4 members (excludes halogenated alkanes) is 1. The Kier molecular flexibility index (Phi) is 15.0. The highest BCUT2D eigenvalue weighted by Gasteiger charge is 2.05. The Morgan fingerprint density at radius 3 is 2.27 bits per heavy atom. The van der Waals surface area contributed by atoms with Gasteiger partial charge in [-0.25, -0.2) is 14.4 Å². The molecule has 0 aromatic carbocycles. The lowest BCUT2D eigenvalue weighted by atomic mass is 10.2. The highest BCUT2D eigenvalue weighted by Crippen LogP contribution is 2.03. The zero-order valence-corrected chi connectivity index (χ0v) is 13.3. The number of carbonyl (C=O) groups is 3. The molecular formula is C16H24O6. The summed E-state index contributed by atoms with van der Waals surface area (Å²) in [5.74, 6) is -1.80. The summed E-state index contributed by atoms with van der Waals surface area (Å²) in [4.78, 5) is 31.4. The van der Waals surface area contributed by atoms with Gasteiger partial charge in [-0.05, 0) is 19.8 Å². The molecule has 0 atom stereocenters. The van der Waals surface area contributed by atoms with Crippen LogP contribution in [0.25, 0.3) is 0 Å². The molecule has 6 nitrogen and oxygen atoms in total. The second-order valence-corrected chi connectivity index (χ2v) is 4.06. The fraction of sp³-hybridized carbons (Fsp3) is 0.438. The Bertz CT molecular complexity index is 420. The first kappa shape index (κ1) is 21.9. The van der Waals surface area contributed by atoms with Crippen LogP contribution in [0, 0.1) is 0 Å². The third-order valence-corrected chi connectivity index (χ3v) is 2.15. The number of allylic oxidation sites excluding steroid dienone is 2. The second kappa shape index (κ2) is 15.0. The van der Waals surface area contributed by atoms with Gasteiger partial charge in [0.2, 0.25) is 0 Å². The number of carboxylic acid groups (broad SMARTS) is 1. The van der Waals surface area contributed by atoms with Gasteiger partial charge in [-0.3, -0.25) is 0 Å². The number of ether oxygens (including phenoxy) is 2. The van der Waals surface area contributed by atoms with E-state index in [1.165, 1.54) is 19.3 Å². The van der Waals surface area contributed by atoms with Crippen molar-refractivity contribution in [3.63, 3.8) is 0 Å². The van der Waals surface area contributed by atoms with Crippen LogP contribution >= 0.6 is 0 Å². The highest BCUT2D eigenvalue weighted by atomic mass is 16.5. The lowest BCUT2D eigenvalue weighted by Gasteiger charge is -2.03. The molecule has 0 bridgehead atoms. The van der Waals surface area contributed by atoms with Gasteiger partial charge in [0.25, 0.3) is 0 Å². The minimum atomic E-state index is -1.04. The van der Waals surface area contributed by atoms with Gasteiger partial charge in [-0.1, -0.05) is 32.1 Å². The fourth-order valence-corrected chi connectivity index (χ4v) is 1.00. The van der Waals surface area contributed by atoms with Gasteiger partial charge in [0.15, 0.2) is 0 Å². The van der Waals surface area contributed by atoms with Gasteiger partial charge in [0.1, 0.15) is 0 Å². The first-order chi connectivity index (χ1) is 10.4. The van der Waals surface area contributed by atoms with Crippen molar-refractivity contribution < 1.29 is 29.0 Å². The van der Waals surface area contributed by atoms with Gasteiger partial charge < -0.3 is 14.6 Å². The normalized spacial score (nSPS) is 9.95. The summed E-state index contributed by atoms with van der Waals surface area (Å²) < 4.78 is 9.15. The van der Waals surface area contributed by atoms with Crippen molar-refractivity contribution >= 4 is 17.9 Å². The maximum absolute atomic E-state index is 11.2. The van der Waals surface area contributed by atoms with E-state index in [2.05, 4.69) is 11.3 Å². The molecule has 0 unspecified atom stereocenters. The van der Waals surface area contributed by atoms with Crippen LogP contribution in [0.1, 0.15) is 33.1 Å². The summed E-state index contributed by atoms with van der Waals surface area (Å²) in [6.07, 6.45) is 7.32. The molecule has 124 valence electrons. The molecule has 1 N–H and O–H groups in total. The number of hydrogen-bond acceptors (Lipinski definition) is 5. The summed E-state index contributed by atoms with van der Waals surface area (Å²) in [5, 5.41) is 8.31. The highest BCUT2D eigenvalue weighted by molar-refractivity contribution is 5.88. The van der Waals surface area contributed by atoms with Crippen molar-refractivity contribution in [1.29, 1.82) is 0 Å². The number of hydrogen-bond donors (Lipinski definition) is 1. The average Bonchev–Trinajstić information content (AvgIpc) is 2.47. The lowest BCUT2D eigenvalue weighted by Crippen LogP contribution is -2.07. The number of rotatable bonds is 8. The van der Waals surface area contributed by atoms with E-state index in [1.54, 1.807) is 13.0 Å². The quantitative estimate of drug-likeness (QED) is 0.421. The first-order valence-corrected chi connectivity index (χ1v) is 6.83. The summed E-state index contributed by atoms with van der Waals surface area (Å²) in [6, 6.07) is 0. The van der Waals surface area contributed by atoms with E-state index in [-0.39, 0.29) is 18.0 Å². The van der Waals surface area contributed by atoms with E-state index in [0.717, 1.165) is 18.9 Å². The summed E-state index contributed by atoms with van der Waals surface area (Å²) in [5.41, 5.74) is 0.267. The summed E-state index contributed by atoms with van der Waals surface area (Å²) in [7, 11) is 1.35. The Morgan fingerprint density at radius 2 is 1.86 bits per heavy atom. The Balaban J connectivity index is 0. The van der Waals surface area contributed by atoms with Gasteiger partial charge in [-0.2, -0.15) is 0 Å². The summed E-state index contributed by atoms with van der Waals surface area (Å²) >= 11 is 0. The number of carboxylic acids is 1. The SMILES string of the molecule is C=C(CC=CC(=O)O)C(=O)OCCCC.CC=CC(=O)OC. The average molecular weight is 312 g/mol. The third kappa shape index (κ3) is 15.7. The molecule has 0 fully saturated rings. The van der Waals surface area contributed by atoms with Crippen LogP contribution in [-0.4, -0.2) is 36.7 Å². The zero-order chi connectivity index (χ0) is 17.4. The molecule has 0 saturated carbocycles. The standard InChI is InChI=1S/C11H16O4.C5H8O2/c1-3-4-8-15-11(14)9(2)6-5-7-10(12)13;1-3-4-5(6)7-2/h5,7H,2-4,6,8H2,1H3,(H,12,13);3-4H,1-2H3. The zero-order valence-electron chi connectivity index (χ0n) is 13.3. The Hall–Kier alpha value is -2.37. The lowest BCUT2D eigenvalue weighted by molar-refractivity contribution is -0.139. The maximum Gasteiger partial charge on any atom is 0.333 e. The van der Waals surface area contributed by atoms with Crippen molar-refractivity contribution in [3.8, 4) is 0 Å². The van der Waals surface area contributed by atoms with Crippen LogP contribution in [-0.2, 0) is 23.9 Å². The van der Waals surface area contributed by atoms with Crippen LogP contribution in [0.4, 0.5) is 0 Å². The van der Waals surface area contributed by atoms with Crippen LogP contribution in [0.3, 0.4) is 0 Å². The smallest absolute Gasteiger partial charge is 0.333 e. The van der Waals surface area contributed by atoms with E-state index in [1.807, 2.05) is 6.92 Å². The largest absolute Gasteiger partial charge is 0.478 e. The molecule has 0 aliphatic rings. The Morgan fingerprint density at radius 1 is 1.23 bits per heavy atom. The van der Waals surface area contributed by atoms with E-state index >= 15 is 0 Å². The minimum absolute atomic E-state index is 0.206. The van der Waals surface area contributed by atoms with E-state index in [9.17, 15) is 14.4 Å². The fourth-order valence-electron chi connectivity index (χ4n) is 1.00. The van der Waals surface area contributed by atoms with Gasteiger partial charge in [0.05, 0.1) is 13.7 Å². The topological polar surface area (TPSA) is 89.9 Å². The van der Waals surface area contributed by atoms with Gasteiger partial charge >= 0.3 is 17.9 Å². The maximum atomic E-state index is 11.2. The van der Waals surface area contributed by atoms with Crippen molar-refractivity contribution in [3.05, 3.63) is 36.5 Å².